The maximum absolute atomic E-state index is 10.1. The topological polar surface area (TPSA) is 29.5 Å². The van der Waals surface area contributed by atoms with Crippen LogP contribution in [-0.4, -0.2) is 23.8 Å². The smallest absolute Gasteiger partial charge is 0.331 e. The molecule has 0 fully saturated rings. The van der Waals surface area contributed by atoms with Gasteiger partial charge in [-0.2, -0.15) is 0 Å². The van der Waals surface area contributed by atoms with E-state index in [2.05, 4.69) is 13.2 Å². The van der Waals surface area contributed by atoms with Gasteiger partial charge in [-0.25, -0.2) is 0 Å². The second-order valence-electron chi connectivity index (χ2n) is 5.73. The number of rotatable bonds is 6. The normalized spacial score (nSPS) is 12.1. The van der Waals surface area contributed by atoms with Crippen LogP contribution in [0.4, 0.5) is 0 Å². The second-order valence-corrected chi connectivity index (χ2v) is 6.18. The Balaban J connectivity index is 3.05. The van der Waals surface area contributed by atoms with E-state index in [1.165, 1.54) is 0 Å². The molecule has 0 aliphatic carbocycles. The van der Waals surface area contributed by atoms with Gasteiger partial charge in [0.2, 0.25) is 0 Å². The summed E-state index contributed by atoms with van der Waals surface area (Å²) < 4.78 is 5.76. The van der Waals surface area contributed by atoms with Gasteiger partial charge in [-0.1, -0.05) is 49.0 Å². The minimum Gasteiger partial charge on any atom is -0.427 e. The summed E-state index contributed by atoms with van der Waals surface area (Å²) in [5, 5.41) is 10.5. The number of aliphatic hydroxyl groups is 1. The maximum Gasteiger partial charge on any atom is 0.331 e. The van der Waals surface area contributed by atoms with E-state index in [0.717, 1.165) is 16.6 Å². The van der Waals surface area contributed by atoms with E-state index in [0.29, 0.717) is 5.03 Å². The van der Waals surface area contributed by atoms with Crippen molar-refractivity contribution in [2.24, 2.45) is 0 Å². The van der Waals surface area contributed by atoms with Gasteiger partial charge in [-0.3, -0.25) is 0 Å². The molecule has 0 atom stereocenters. The first-order valence-corrected chi connectivity index (χ1v) is 6.81. The van der Waals surface area contributed by atoms with Crippen LogP contribution in [0.5, 0.6) is 0 Å². The van der Waals surface area contributed by atoms with Crippen LogP contribution in [0.3, 0.4) is 0 Å². The number of halogens is 1. The Morgan fingerprint density at radius 1 is 1.35 bits per heavy atom. The predicted molar refractivity (Wildman–Crippen MR) is 88.3 cm³/mol. The molecule has 1 aromatic rings. The predicted octanol–water partition coefficient (Wildman–Crippen LogP) is 3.35. The summed E-state index contributed by atoms with van der Waals surface area (Å²) in [7, 11) is 1.61. The molecule has 0 aromatic heterocycles. The number of hydrogen-bond acceptors (Lipinski definition) is 2. The zero-order valence-corrected chi connectivity index (χ0v) is 13.3. The Morgan fingerprint density at radius 2 is 1.95 bits per heavy atom. The van der Waals surface area contributed by atoms with Crippen molar-refractivity contribution < 1.29 is 9.76 Å². The SMILES string of the molecule is C=Cc1cccc([B]OC(C)(C)C(C)(C)O)c1C(=C)Cl. The highest BCUT2D eigenvalue weighted by atomic mass is 35.5. The summed E-state index contributed by atoms with van der Waals surface area (Å²) >= 11 is 6.06. The maximum atomic E-state index is 10.1. The third kappa shape index (κ3) is 3.75. The molecule has 1 radical (unpaired) electrons. The first-order chi connectivity index (χ1) is 9.10. The standard InChI is InChI=1S/C16H21BClO2/c1-7-12-9-8-10-13(14(12)11(2)18)17-20-16(5,6)15(3,4)19/h7-10,19H,1-2H2,3-6H3. The van der Waals surface area contributed by atoms with Gasteiger partial charge in [-0.15, -0.1) is 0 Å². The first kappa shape index (κ1) is 17.0. The molecule has 0 heterocycles. The summed E-state index contributed by atoms with van der Waals surface area (Å²) in [5.74, 6) is 0. The summed E-state index contributed by atoms with van der Waals surface area (Å²) in [6.45, 7) is 14.6. The van der Waals surface area contributed by atoms with Crippen molar-refractivity contribution in [2.75, 3.05) is 0 Å². The molecule has 1 N–H and O–H groups in total. The van der Waals surface area contributed by atoms with E-state index in [-0.39, 0.29) is 0 Å². The van der Waals surface area contributed by atoms with Crippen molar-refractivity contribution in [2.45, 2.75) is 38.9 Å². The number of benzene rings is 1. The van der Waals surface area contributed by atoms with E-state index in [9.17, 15) is 5.11 Å². The van der Waals surface area contributed by atoms with Crippen LogP contribution in [0.1, 0.15) is 38.8 Å². The Hall–Kier alpha value is -1.03. The van der Waals surface area contributed by atoms with Gasteiger partial charge in [0.05, 0.1) is 11.2 Å². The fourth-order valence-electron chi connectivity index (χ4n) is 1.53. The lowest BCUT2D eigenvalue weighted by atomic mass is 9.79. The highest BCUT2D eigenvalue weighted by Crippen LogP contribution is 2.25. The molecule has 1 rings (SSSR count). The average Bonchev–Trinajstić information content (AvgIpc) is 2.34. The Bertz CT molecular complexity index is 516. The number of hydrogen-bond donors (Lipinski definition) is 1. The van der Waals surface area contributed by atoms with E-state index >= 15 is 0 Å². The summed E-state index contributed by atoms with van der Waals surface area (Å²) in [5.41, 5.74) is 0.777. The summed E-state index contributed by atoms with van der Waals surface area (Å²) in [4.78, 5) is 0. The van der Waals surface area contributed by atoms with Crippen molar-refractivity contribution in [3.05, 3.63) is 42.5 Å². The van der Waals surface area contributed by atoms with Crippen LogP contribution in [0.15, 0.2) is 31.4 Å². The van der Waals surface area contributed by atoms with Crippen molar-refractivity contribution in [1.82, 2.24) is 0 Å². The highest BCUT2D eigenvalue weighted by Gasteiger charge is 2.35. The lowest BCUT2D eigenvalue weighted by Crippen LogP contribution is -2.49. The van der Waals surface area contributed by atoms with Gasteiger partial charge in [0.25, 0.3) is 0 Å². The molecule has 0 amide bonds. The van der Waals surface area contributed by atoms with Crippen LogP contribution in [-0.2, 0) is 4.65 Å². The minimum absolute atomic E-state index is 0.427. The molecule has 0 aliphatic heterocycles. The minimum atomic E-state index is -0.975. The highest BCUT2D eigenvalue weighted by molar-refractivity contribution is 6.55. The quantitative estimate of drug-likeness (QED) is 0.815. The Labute approximate surface area is 127 Å². The van der Waals surface area contributed by atoms with E-state index < -0.39 is 11.2 Å². The van der Waals surface area contributed by atoms with Crippen molar-refractivity contribution in [1.29, 1.82) is 0 Å². The molecule has 107 valence electrons. The molecule has 0 bridgehead atoms. The molecular weight excluding hydrogens is 270 g/mol. The van der Waals surface area contributed by atoms with E-state index in [1.807, 2.05) is 32.0 Å². The van der Waals surface area contributed by atoms with Crippen LogP contribution >= 0.6 is 11.6 Å². The monoisotopic (exact) mass is 291 g/mol. The molecule has 0 aliphatic rings. The average molecular weight is 292 g/mol. The van der Waals surface area contributed by atoms with Crippen molar-refractivity contribution >= 4 is 35.7 Å². The molecule has 4 heteroatoms. The fraction of sp³-hybridized carbons (Fsp3) is 0.375. The van der Waals surface area contributed by atoms with Gasteiger partial charge in [-0.05, 0) is 44.3 Å². The lowest BCUT2D eigenvalue weighted by molar-refractivity contribution is -0.0893. The van der Waals surface area contributed by atoms with E-state index in [1.54, 1.807) is 27.4 Å². The third-order valence-electron chi connectivity index (χ3n) is 3.57. The zero-order chi connectivity index (χ0) is 15.6. The molecule has 20 heavy (non-hydrogen) atoms. The van der Waals surface area contributed by atoms with Gasteiger partial charge < -0.3 is 9.76 Å². The molecule has 2 nitrogen and oxygen atoms in total. The molecule has 0 unspecified atom stereocenters. The second kappa shape index (κ2) is 6.17. The molecule has 0 saturated carbocycles. The largest absolute Gasteiger partial charge is 0.427 e. The summed E-state index contributed by atoms with van der Waals surface area (Å²) in [6.07, 6.45) is 1.72. The van der Waals surface area contributed by atoms with Gasteiger partial charge >= 0.3 is 7.48 Å². The Morgan fingerprint density at radius 3 is 2.40 bits per heavy atom. The zero-order valence-electron chi connectivity index (χ0n) is 12.5. The van der Waals surface area contributed by atoms with Crippen LogP contribution < -0.4 is 5.46 Å². The van der Waals surface area contributed by atoms with Gasteiger partial charge in [0, 0.05) is 5.03 Å². The molecule has 0 spiro atoms. The third-order valence-corrected chi connectivity index (χ3v) is 3.76. The van der Waals surface area contributed by atoms with Crippen molar-refractivity contribution in [3.8, 4) is 0 Å². The fourth-order valence-corrected chi connectivity index (χ4v) is 1.74. The van der Waals surface area contributed by atoms with Gasteiger partial charge in [0.15, 0.2) is 0 Å². The van der Waals surface area contributed by atoms with Gasteiger partial charge in [0.1, 0.15) is 0 Å². The lowest BCUT2D eigenvalue weighted by Gasteiger charge is -2.37. The molecule has 1 aromatic carbocycles. The molecular formula is C16H21BClO2. The van der Waals surface area contributed by atoms with E-state index in [4.69, 9.17) is 16.3 Å². The molecule has 0 saturated heterocycles. The van der Waals surface area contributed by atoms with Crippen LogP contribution in [0, 0.1) is 0 Å². The first-order valence-electron chi connectivity index (χ1n) is 6.44. The Kier molecular flexibility index (Phi) is 5.25. The summed E-state index contributed by atoms with van der Waals surface area (Å²) in [6, 6.07) is 5.69. The van der Waals surface area contributed by atoms with Crippen molar-refractivity contribution in [3.63, 3.8) is 0 Å². The van der Waals surface area contributed by atoms with Crippen LogP contribution in [0.2, 0.25) is 0 Å². The van der Waals surface area contributed by atoms with Crippen LogP contribution in [0.25, 0.3) is 11.1 Å².